The third-order valence-electron chi connectivity index (χ3n) is 1.89. The number of carbonyl (C=O) groups excluding carboxylic acids is 1. The van der Waals surface area contributed by atoms with Crippen LogP contribution in [0.3, 0.4) is 0 Å². The van der Waals surface area contributed by atoms with Gasteiger partial charge in [0.15, 0.2) is 0 Å². The number of amides is 1. The van der Waals surface area contributed by atoms with Crippen molar-refractivity contribution in [2.45, 2.75) is 5.72 Å². The first-order chi connectivity index (χ1) is 6.29. The minimum Gasteiger partial charge on any atom is -0.267 e. The monoisotopic (exact) mass is 218 g/mol. The molecule has 1 saturated heterocycles. The molecule has 0 aromatic heterocycles. The second-order valence-corrected chi connectivity index (χ2v) is 2.67. The molecule has 1 heterocycles. The fourth-order valence-corrected chi connectivity index (χ4v) is 1.13. The Balaban J connectivity index is 0.000000980. The van der Waals surface area contributed by atoms with E-state index in [1.807, 2.05) is 0 Å². The SMILES string of the molecule is Cl.O=C(NF)C1(c2ccccc2)NO1. The highest BCUT2D eigenvalue weighted by molar-refractivity contribution is 5.86. The highest BCUT2D eigenvalue weighted by Gasteiger charge is 2.54. The van der Waals surface area contributed by atoms with E-state index in [9.17, 15) is 9.28 Å². The summed E-state index contributed by atoms with van der Waals surface area (Å²) < 4.78 is 11.9. The zero-order valence-electron chi connectivity index (χ0n) is 6.99. The van der Waals surface area contributed by atoms with Crippen molar-refractivity contribution in [1.29, 1.82) is 0 Å². The molecule has 0 aliphatic carbocycles. The second kappa shape index (κ2) is 3.91. The van der Waals surface area contributed by atoms with Crippen LogP contribution in [0, 0.1) is 0 Å². The lowest BCUT2D eigenvalue weighted by atomic mass is 10.1. The van der Waals surface area contributed by atoms with Gasteiger partial charge in [-0.15, -0.1) is 16.9 Å². The number of hydrogen-bond donors (Lipinski definition) is 2. The molecule has 4 nitrogen and oxygen atoms in total. The Labute approximate surface area is 85.7 Å². The van der Waals surface area contributed by atoms with Gasteiger partial charge in [-0.25, -0.2) is 0 Å². The smallest absolute Gasteiger partial charge is 0.267 e. The lowest BCUT2D eigenvalue weighted by Crippen LogP contribution is -2.33. The molecule has 1 aromatic carbocycles. The average molecular weight is 219 g/mol. The summed E-state index contributed by atoms with van der Waals surface area (Å²) in [6.07, 6.45) is 0. The largest absolute Gasteiger partial charge is 0.304 e. The summed E-state index contributed by atoms with van der Waals surface area (Å²) >= 11 is 0. The van der Waals surface area contributed by atoms with Crippen molar-refractivity contribution in [2.75, 3.05) is 0 Å². The first-order valence-electron chi connectivity index (χ1n) is 3.71. The molecule has 1 aliphatic rings. The van der Waals surface area contributed by atoms with Gasteiger partial charge in [0.2, 0.25) is 0 Å². The molecular formula is C8H8ClFN2O2. The highest BCUT2D eigenvalue weighted by atomic mass is 35.5. The van der Waals surface area contributed by atoms with Gasteiger partial charge in [-0.2, -0.15) is 11.0 Å². The van der Waals surface area contributed by atoms with E-state index < -0.39 is 11.6 Å². The molecule has 1 fully saturated rings. The van der Waals surface area contributed by atoms with Crippen molar-refractivity contribution in [3.63, 3.8) is 0 Å². The molecule has 2 rings (SSSR count). The predicted molar refractivity (Wildman–Crippen MR) is 48.8 cm³/mol. The van der Waals surface area contributed by atoms with E-state index in [0.29, 0.717) is 5.56 Å². The Morgan fingerprint density at radius 1 is 1.43 bits per heavy atom. The van der Waals surface area contributed by atoms with E-state index in [-0.39, 0.29) is 12.4 Å². The first kappa shape index (κ1) is 10.9. The van der Waals surface area contributed by atoms with Crippen LogP contribution in [-0.2, 0) is 15.4 Å². The maximum atomic E-state index is 11.9. The number of benzene rings is 1. The van der Waals surface area contributed by atoms with Gasteiger partial charge in [-0.3, -0.25) is 9.63 Å². The van der Waals surface area contributed by atoms with Gasteiger partial charge in [0, 0.05) is 5.56 Å². The summed E-state index contributed by atoms with van der Waals surface area (Å²) in [6, 6.07) is 8.63. The van der Waals surface area contributed by atoms with Gasteiger partial charge in [0.25, 0.3) is 5.72 Å². The summed E-state index contributed by atoms with van der Waals surface area (Å²) in [6.45, 7) is 0. The Morgan fingerprint density at radius 3 is 2.43 bits per heavy atom. The van der Waals surface area contributed by atoms with Crippen LogP contribution >= 0.6 is 12.4 Å². The average Bonchev–Trinajstić information content (AvgIpc) is 2.99. The minimum atomic E-state index is -1.32. The molecule has 1 aliphatic heterocycles. The lowest BCUT2D eigenvalue weighted by molar-refractivity contribution is -0.131. The quantitative estimate of drug-likeness (QED) is 0.570. The van der Waals surface area contributed by atoms with Gasteiger partial charge >= 0.3 is 5.91 Å². The van der Waals surface area contributed by atoms with Crippen molar-refractivity contribution in [2.24, 2.45) is 0 Å². The van der Waals surface area contributed by atoms with Crippen LogP contribution in [0.15, 0.2) is 30.3 Å². The molecule has 0 saturated carbocycles. The Morgan fingerprint density at radius 2 is 2.00 bits per heavy atom. The summed E-state index contributed by atoms with van der Waals surface area (Å²) in [5, 5.41) is 0. The number of nitrogens with one attached hydrogen (secondary N) is 2. The van der Waals surface area contributed by atoms with Crippen LogP contribution in [0.25, 0.3) is 0 Å². The molecule has 6 heteroatoms. The molecular weight excluding hydrogens is 211 g/mol. The van der Waals surface area contributed by atoms with Gasteiger partial charge in [0.1, 0.15) is 0 Å². The number of hydroxylamine groups is 1. The first-order valence-corrected chi connectivity index (χ1v) is 3.71. The van der Waals surface area contributed by atoms with Crippen molar-refractivity contribution < 1.29 is 14.1 Å². The van der Waals surface area contributed by atoms with Crippen LogP contribution in [0.2, 0.25) is 0 Å². The number of rotatable bonds is 2. The van der Waals surface area contributed by atoms with E-state index in [0.717, 1.165) is 5.54 Å². The highest BCUT2D eigenvalue weighted by Crippen LogP contribution is 2.32. The topological polar surface area (TPSA) is 63.6 Å². The molecule has 1 aromatic rings. The van der Waals surface area contributed by atoms with Gasteiger partial charge in [0.05, 0.1) is 0 Å². The Hall–Kier alpha value is -1.17. The zero-order chi connectivity index (χ0) is 9.31. The molecule has 2 N–H and O–H groups in total. The van der Waals surface area contributed by atoms with Crippen LogP contribution < -0.4 is 11.0 Å². The van der Waals surface area contributed by atoms with Crippen LogP contribution in [0.4, 0.5) is 4.48 Å². The molecule has 1 unspecified atom stereocenters. The van der Waals surface area contributed by atoms with Gasteiger partial charge in [-0.1, -0.05) is 30.3 Å². The van der Waals surface area contributed by atoms with Gasteiger partial charge < -0.3 is 0 Å². The molecule has 0 radical (unpaired) electrons. The van der Waals surface area contributed by atoms with E-state index in [1.54, 1.807) is 30.3 Å². The maximum Gasteiger partial charge on any atom is 0.304 e. The second-order valence-electron chi connectivity index (χ2n) is 2.67. The Bertz CT molecular complexity index is 329. The van der Waals surface area contributed by atoms with Crippen LogP contribution in [-0.4, -0.2) is 5.91 Å². The van der Waals surface area contributed by atoms with Crippen molar-refractivity contribution >= 4 is 18.3 Å². The standard InChI is InChI=1S/C8H7FN2O2.ClH/c9-10-7(12)8(11-13-8)6-4-2-1-3-5-6;/h1-5,11H,(H,10,12);1H. The maximum absolute atomic E-state index is 11.9. The van der Waals surface area contributed by atoms with E-state index >= 15 is 0 Å². The molecule has 76 valence electrons. The summed E-state index contributed by atoms with van der Waals surface area (Å²) in [4.78, 5) is 15.8. The third-order valence-corrected chi connectivity index (χ3v) is 1.89. The number of halogens is 2. The van der Waals surface area contributed by atoms with Crippen LogP contribution in [0.1, 0.15) is 5.56 Å². The third kappa shape index (κ3) is 1.57. The fraction of sp³-hybridized carbons (Fsp3) is 0.125. The molecule has 0 spiro atoms. The minimum absolute atomic E-state index is 0. The van der Waals surface area contributed by atoms with E-state index in [2.05, 4.69) is 5.48 Å². The van der Waals surface area contributed by atoms with Crippen molar-refractivity contribution in [3.8, 4) is 0 Å². The Kier molecular flexibility index (Phi) is 3.05. The summed E-state index contributed by atoms with van der Waals surface area (Å²) in [5.74, 6) is -0.848. The number of hydrogen-bond acceptors (Lipinski definition) is 3. The number of carbonyl (C=O) groups is 1. The molecule has 14 heavy (non-hydrogen) atoms. The molecule has 0 bridgehead atoms. The van der Waals surface area contributed by atoms with Crippen LogP contribution in [0.5, 0.6) is 0 Å². The zero-order valence-corrected chi connectivity index (χ0v) is 7.81. The van der Waals surface area contributed by atoms with Crippen molar-refractivity contribution in [1.82, 2.24) is 11.0 Å². The normalized spacial score (nSPS) is 23.5. The lowest BCUT2D eigenvalue weighted by Gasteiger charge is -2.05. The summed E-state index contributed by atoms with van der Waals surface area (Å²) in [5.41, 5.74) is 2.65. The fourth-order valence-electron chi connectivity index (χ4n) is 1.13. The summed E-state index contributed by atoms with van der Waals surface area (Å²) in [7, 11) is 0. The molecule has 1 atom stereocenters. The van der Waals surface area contributed by atoms with Gasteiger partial charge in [-0.05, 0) is 0 Å². The van der Waals surface area contributed by atoms with E-state index in [1.165, 1.54) is 0 Å². The molecule has 1 amide bonds. The van der Waals surface area contributed by atoms with Crippen molar-refractivity contribution in [3.05, 3.63) is 35.9 Å². The van der Waals surface area contributed by atoms with E-state index in [4.69, 9.17) is 4.84 Å². The predicted octanol–water partition coefficient (Wildman–Crippen LogP) is 0.797.